The molecule has 11 heteroatoms. The monoisotopic (exact) mass is 654 g/mol. The van der Waals surface area contributed by atoms with Crippen LogP contribution in [0.4, 0.5) is 10.4 Å². The van der Waals surface area contributed by atoms with Crippen LogP contribution in [0.25, 0.3) is 22.3 Å². The molecule has 4 fully saturated rings. The number of likely N-dealkylation sites (tertiary alicyclic amines) is 2. The number of oxazole rings is 2. The van der Waals surface area contributed by atoms with Gasteiger partial charge in [-0.1, -0.05) is 36.7 Å². The van der Waals surface area contributed by atoms with E-state index in [1.807, 2.05) is 42.7 Å². The van der Waals surface area contributed by atoms with Gasteiger partial charge in [0.15, 0.2) is 11.2 Å². The predicted molar refractivity (Wildman–Crippen MR) is 187 cm³/mol. The second-order valence-corrected chi connectivity index (χ2v) is 13.1. The Balaban J connectivity index is 0.000000142. The van der Waals surface area contributed by atoms with Crippen molar-refractivity contribution in [2.24, 2.45) is 0 Å². The fourth-order valence-electron chi connectivity index (χ4n) is 6.99. The minimum atomic E-state index is -1.00. The first kappa shape index (κ1) is 33.2. The molecule has 0 saturated carbocycles. The second kappa shape index (κ2) is 18.6. The van der Waals surface area contributed by atoms with Gasteiger partial charge in [0.25, 0.3) is 11.2 Å². The summed E-state index contributed by atoms with van der Waals surface area (Å²) in [7, 11) is -1.00. The topological polar surface area (TPSA) is 86.7 Å². The van der Waals surface area contributed by atoms with Crippen LogP contribution in [0.1, 0.15) is 65.6 Å². The molecule has 1 N–H and O–H groups in total. The number of nitrogens with one attached hydrogen (secondary N) is 1. The van der Waals surface area contributed by atoms with Crippen LogP contribution >= 0.6 is 11.8 Å². The summed E-state index contributed by atoms with van der Waals surface area (Å²) in [5, 5.41) is 4.16. The number of fused-ring (bicyclic) bond motifs is 2. The smallest absolute Gasteiger partial charge is 0.299 e. The highest BCUT2D eigenvalue weighted by Crippen LogP contribution is 2.26. The van der Waals surface area contributed by atoms with Crippen molar-refractivity contribution in [2.75, 3.05) is 70.7 Å². The normalized spacial score (nSPS) is 20.6. The van der Waals surface area contributed by atoms with Gasteiger partial charge in [0.05, 0.1) is 8.52 Å². The van der Waals surface area contributed by atoms with Crippen LogP contribution in [0.2, 0.25) is 0 Å². The van der Waals surface area contributed by atoms with E-state index in [1.54, 1.807) is 6.20 Å². The van der Waals surface area contributed by atoms with Gasteiger partial charge in [-0.15, -0.1) is 0 Å². The maximum absolute atomic E-state index is 9.96. The molecular weight excluding hydrogens is 601 g/mol. The van der Waals surface area contributed by atoms with Crippen molar-refractivity contribution in [1.82, 2.24) is 30.1 Å². The third kappa shape index (κ3) is 9.65. The van der Waals surface area contributed by atoms with Crippen molar-refractivity contribution in [3.05, 3.63) is 42.6 Å². The summed E-state index contributed by atoms with van der Waals surface area (Å²) < 4.78 is 26.7. The molecule has 7 heterocycles. The van der Waals surface area contributed by atoms with Crippen LogP contribution < -0.4 is 10.2 Å². The summed E-state index contributed by atoms with van der Waals surface area (Å²) >= 11 is 1.52. The summed E-state index contributed by atoms with van der Waals surface area (Å²) in [4.78, 5) is 20.6. The van der Waals surface area contributed by atoms with E-state index in [0.717, 1.165) is 53.1 Å². The molecule has 8 rings (SSSR count). The van der Waals surface area contributed by atoms with E-state index in [-0.39, 0.29) is 0 Å². The van der Waals surface area contributed by atoms with E-state index >= 15 is 0 Å². The zero-order valence-electron chi connectivity index (χ0n) is 28.4. The number of nitrogens with zero attached hydrogens (tertiary/aromatic N) is 6. The van der Waals surface area contributed by atoms with Gasteiger partial charge in [0.2, 0.25) is 5.65 Å². The molecule has 0 radical (unpaired) electrons. The summed E-state index contributed by atoms with van der Waals surface area (Å²) in [5.74, 6) is 0. The maximum Gasteiger partial charge on any atom is 0.299 e. The Labute approximate surface area is 279 Å². The number of piperidine rings is 4. The fourth-order valence-corrected chi connectivity index (χ4v) is 7.36. The molecule has 4 aliphatic heterocycles. The summed E-state index contributed by atoms with van der Waals surface area (Å²) in [5.41, 5.74) is 3.28. The lowest BCUT2D eigenvalue weighted by atomic mass is 10.0. The number of halogens is 1. The number of thioether (sulfide) groups is 1. The van der Waals surface area contributed by atoms with Gasteiger partial charge in [-0.25, -0.2) is 9.97 Å². The number of hydrogen-bond acceptors (Lipinski definition) is 10. The van der Waals surface area contributed by atoms with Crippen LogP contribution in [0.3, 0.4) is 0 Å². The van der Waals surface area contributed by atoms with E-state index in [2.05, 4.69) is 35.0 Å². The Morgan fingerprint density at radius 1 is 0.783 bits per heavy atom. The van der Waals surface area contributed by atoms with E-state index in [4.69, 9.17) is 10.2 Å². The third-order valence-corrected chi connectivity index (χ3v) is 9.98. The average Bonchev–Trinajstić information content (AvgIpc) is 3.78. The van der Waals surface area contributed by atoms with Gasteiger partial charge in [-0.3, -0.25) is 4.39 Å². The molecule has 1 aromatic carbocycles. The Morgan fingerprint density at radius 3 is 2.00 bits per heavy atom. The number of aromatic nitrogens is 3. The van der Waals surface area contributed by atoms with Crippen LogP contribution in [0.15, 0.2) is 56.7 Å². The Bertz CT molecular complexity index is 1350. The van der Waals surface area contributed by atoms with Crippen molar-refractivity contribution in [1.29, 1.82) is 0 Å². The third-order valence-electron chi connectivity index (χ3n) is 9.46. The van der Waals surface area contributed by atoms with Crippen LogP contribution in [-0.4, -0.2) is 103 Å². The highest BCUT2D eigenvalue weighted by molar-refractivity contribution is 7.98. The predicted octanol–water partition coefficient (Wildman–Crippen LogP) is 7.04. The first-order valence-corrected chi connectivity index (χ1v) is 18.3. The molecule has 0 amide bonds. The first-order chi connectivity index (χ1) is 23.2. The SMILES string of the molecule is C1CCN(C2CCNCC2)CC1.CSc1nc2ccccc2o1.[2H]CF.c1cnc2nc(N3CCC(N4CCCCC4)CC3)oc2c1. The zero-order valence-corrected chi connectivity index (χ0v) is 28.2. The number of rotatable bonds is 4. The molecule has 9 nitrogen and oxygen atoms in total. The number of pyridine rings is 1. The molecule has 0 aliphatic carbocycles. The van der Waals surface area contributed by atoms with Crippen molar-refractivity contribution in [2.45, 2.75) is 81.5 Å². The van der Waals surface area contributed by atoms with Crippen molar-refractivity contribution in [3.8, 4) is 0 Å². The Kier molecular flexibility index (Phi) is 13.4. The molecule has 0 atom stereocenters. The van der Waals surface area contributed by atoms with Gasteiger partial charge < -0.3 is 28.9 Å². The molecule has 252 valence electrons. The maximum atomic E-state index is 9.96. The highest BCUT2D eigenvalue weighted by atomic mass is 32.2. The standard InChI is InChI=1S/C16H22N4O.C10H20N2.C8H7NOS.CH3F/c1-2-9-19(10-3-1)13-6-11-20(12-7-13)16-18-15-14(21-16)5-4-8-17-15;1-2-8-12(9-3-1)10-4-6-11-7-5-10;1-11-8-9-6-4-2-3-5-7(6)10-8;1-2/h4-5,8,13H,1-3,6-7,9-12H2;10-11H,1-9H2;2-5H,1H3;1H3/i;;;1D. The Morgan fingerprint density at radius 2 is 1.39 bits per heavy atom. The molecule has 4 saturated heterocycles. The lowest BCUT2D eigenvalue weighted by Gasteiger charge is -2.39. The van der Waals surface area contributed by atoms with E-state index in [9.17, 15) is 4.39 Å². The summed E-state index contributed by atoms with van der Waals surface area (Å²) in [6, 6.07) is 14.0. The number of anilines is 1. The van der Waals surface area contributed by atoms with Crippen LogP contribution in [0, 0.1) is 0 Å². The van der Waals surface area contributed by atoms with Gasteiger partial charge in [0.1, 0.15) is 5.52 Å². The molecule has 4 aliphatic rings. The first-order valence-electron chi connectivity index (χ1n) is 17.8. The van der Waals surface area contributed by atoms with Gasteiger partial charge in [0, 0.05) is 31.4 Å². The van der Waals surface area contributed by atoms with Crippen molar-refractivity contribution >= 4 is 40.1 Å². The van der Waals surface area contributed by atoms with Crippen molar-refractivity contribution in [3.63, 3.8) is 0 Å². The number of alkyl halides is 1. The Hall–Kier alpha value is -2.73. The minimum Gasteiger partial charge on any atom is -0.431 e. The lowest BCUT2D eigenvalue weighted by molar-refractivity contribution is 0.136. The van der Waals surface area contributed by atoms with Gasteiger partial charge >= 0.3 is 0 Å². The van der Waals surface area contributed by atoms with E-state index in [0.29, 0.717) is 5.65 Å². The largest absolute Gasteiger partial charge is 0.431 e. The van der Waals surface area contributed by atoms with Crippen molar-refractivity contribution < 1.29 is 14.6 Å². The summed E-state index contributed by atoms with van der Waals surface area (Å²) in [6.07, 6.45) is 17.4. The quantitative estimate of drug-likeness (QED) is 0.231. The molecule has 46 heavy (non-hydrogen) atoms. The zero-order chi connectivity index (χ0) is 32.7. The lowest BCUT2D eigenvalue weighted by Crippen LogP contribution is -2.46. The highest BCUT2D eigenvalue weighted by Gasteiger charge is 2.27. The number of hydrogen-bond donors (Lipinski definition) is 1. The molecule has 0 spiro atoms. The molecule has 3 aromatic heterocycles. The molecule has 4 aromatic rings. The molecular formula is C35H52FN7O2S. The van der Waals surface area contributed by atoms with Gasteiger partial charge in [-0.05, 0) is 121 Å². The van der Waals surface area contributed by atoms with Gasteiger partial charge in [-0.2, -0.15) is 4.98 Å². The number of para-hydroxylation sites is 2. The molecule has 0 unspecified atom stereocenters. The van der Waals surface area contributed by atoms with E-state index in [1.165, 1.54) is 115 Å². The second-order valence-electron chi connectivity index (χ2n) is 12.4. The van der Waals surface area contributed by atoms with E-state index < -0.39 is 7.15 Å². The van der Waals surface area contributed by atoms with Crippen LogP contribution in [-0.2, 0) is 0 Å². The molecule has 0 bridgehead atoms. The van der Waals surface area contributed by atoms with Crippen LogP contribution in [0.5, 0.6) is 0 Å². The average molecular weight is 655 g/mol. The summed E-state index contributed by atoms with van der Waals surface area (Å²) in [6.45, 7) is 9.86. The number of benzene rings is 1. The fraction of sp³-hybridized carbons (Fsp3) is 0.629. The minimum absolute atomic E-state index is 0.714.